The van der Waals surface area contributed by atoms with Crippen LogP contribution in [0.3, 0.4) is 0 Å². The summed E-state index contributed by atoms with van der Waals surface area (Å²) < 4.78 is 36.0. The van der Waals surface area contributed by atoms with Crippen molar-refractivity contribution in [2.24, 2.45) is 0 Å². The van der Waals surface area contributed by atoms with Crippen molar-refractivity contribution in [3.63, 3.8) is 0 Å². The summed E-state index contributed by atoms with van der Waals surface area (Å²) >= 11 is 0. The molecule has 0 radical (unpaired) electrons. The van der Waals surface area contributed by atoms with Gasteiger partial charge >= 0.3 is 0 Å². The standard InChI is InChI=1S/C15H21NO4S/c1-2-5-16-12-4-8-21(17,18)15-10-14-13(9-11(12)15)19-6-3-7-20-14/h9-10,12,16H,2-8H2,1H3. The van der Waals surface area contributed by atoms with E-state index in [-0.39, 0.29) is 11.8 Å². The summed E-state index contributed by atoms with van der Waals surface area (Å²) in [6, 6.07) is 3.56. The Hall–Kier alpha value is -1.27. The van der Waals surface area contributed by atoms with Gasteiger partial charge in [0.05, 0.1) is 23.9 Å². The fraction of sp³-hybridized carbons (Fsp3) is 0.600. The fourth-order valence-electron chi connectivity index (χ4n) is 2.82. The van der Waals surface area contributed by atoms with Crippen LogP contribution in [0.15, 0.2) is 17.0 Å². The van der Waals surface area contributed by atoms with Crippen molar-refractivity contribution in [1.29, 1.82) is 0 Å². The number of ether oxygens (including phenoxy) is 2. The quantitative estimate of drug-likeness (QED) is 0.926. The first-order valence-corrected chi connectivity index (χ1v) is 9.16. The zero-order valence-electron chi connectivity index (χ0n) is 12.2. The number of nitrogens with one attached hydrogen (secondary N) is 1. The van der Waals surface area contributed by atoms with Gasteiger partial charge in [0.2, 0.25) is 0 Å². The summed E-state index contributed by atoms with van der Waals surface area (Å²) in [6.45, 7) is 4.13. The number of sulfone groups is 1. The van der Waals surface area contributed by atoms with E-state index in [1.165, 1.54) is 0 Å². The molecule has 0 saturated heterocycles. The van der Waals surface area contributed by atoms with Crippen LogP contribution in [0.2, 0.25) is 0 Å². The van der Waals surface area contributed by atoms with Crippen LogP contribution in [0.1, 0.15) is 37.8 Å². The number of hydrogen-bond donors (Lipinski definition) is 1. The number of fused-ring (bicyclic) bond motifs is 2. The molecule has 0 bridgehead atoms. The highest BCUT2D eigenvalue weighted by atomic mass is 32.2. The number of benzene rings is 1. The Kier molecular flexibility index (Phi) is 4.08. The van der Waals surface area contributed by atoms with Crippen molar-refractivity contribution in [2.45, 2.75) is 37.1 Å². The molecule has 5 nitrogen and oxygen atoms in total. The molecule has 2 aliphatic heterocycles. The molecule has 2 aliphatic rings. The predicted octanol–water partition coefficient (Wildman–Crippen LogP) is 2.07. The topological polar surface area (TPSA) is 64.6 Å². The van der Waals surface area contributed by atoms with Gasteiger partial charge in [-0.2, -0.15) is 0 Å². The third kappa shape index (κ3) is 2.87. The van der Waals surface area contributed by atoms with Crippen molar-refractivity contribution in [1.82, 2.24) is 5.32 Å². The van der Waals surface area contributed by atoms with Crippen molar-refractivity contribution < 1.29 is 17.9 Å². The van der Waals surface area contributed by atoms with Gasteiger partial charge in [-0.15, -0.1) is 0 Å². The van der Waals surface area contributed by atoms with E-state index in [0.29, 0.717) is 36.0 Å². The van der Waals surface area contributed by atoms with Crippen LogP contribution < -0.4 is 14.8 Å². The Morgan fingerprint density at radius 2 is 1.95 bits per heavy atom. The van der Waals surface area contributed by atoms with Crippen LogP contribution in [-0.4, -0.2) is 33.9 Å². The lowest BCUT2D eigenvalue weighted by molar-refractivity contribution is 0.296. The second kappa shape index (κ2) is 5.85. The van der Waals surface area contributed by atoms with Crippen LogP contribution in [0.5, 0.6) is 11.5 Å². The first-order chi connectivity index (χ1) is 10.1. The Morgan fingerprint density at radius 3 is 2.67 bits per heavy atom. The molecule has 1 aromatic carbocycles. The maximum absolute atomic E-state index is 12.3. The fourth-order valence-corrected chi connectivity index (χ4v) is 4.43. The molecule has 3 rings (SSSR count). The molecule has 1 N–H and O–H groups in total. The predicted molar refractivity (Wildman–Crippen MR) is 79.8 cm³/mol. The Balaban J connectivity index is 2.05. The minimum Gasteiger partial charge on any atom is -0.490 e. The number of hydrogen-bond acceptors (Lipinski definition) is 5. The summed E-state index contributed by atoms with van der Waals surface area (Å²) in [6.07, 6.45) is 2.43. The number of rotatable bonds is 3. The molecule has 2 heterocycles. The van der Waals surface area contributed by atoms with Gasteiger partial charge in [-0.25, -0.2) is 8.42 Å². The molecular formula is C15H21NO4S. The van der Waals surface area contributed by atoms with Gasteiger partial charge < -0.3 is 14.8 Å². The van der Waals surface area contributed by atoms with Gasteiger partial charge in [-0.05, 0) is 31.0 Å². The maximum atomic E-state index is 12.3. The normalized spacial score (nSPS) is 23.2. The summed E-state index contributed by atoms with van der Waals surface area (Å²) in [5, 5.41) is 3.43. The Labute approximate surface area is 125 Å². The lowest BCUT2D eigenvalue weighted by Gasteiger charge is -2.27. The van der Waals surface area contributed by atoms with E-state index in [0.717, 1.165) is 24.9 Å². The summed E-state index contributed by atoms with van der Waals surface area (Å²) in [4.78, 5) is 0.395. The van der Waals surface area contributed by atoms with Crippen LogP contribution in [0.4, 0.5) is 0 Å². The smallest absolute Gasteiger partial charge is 0.178 e. The minimum atomic E-state index is -3.22. The zero-order valence-corrected chi connectivity index (χ0v) is 13.0. The van der Waals surface area contributed by atoms with Crippen molar-refractivity contribution in [2.75, 3.05) is 25.5 Å². The molecule has 6 heteroatoms. The molecule has 0 spiro atoms. The van der Waals surface area contributed by atoms with Gasteiger partial charge in [0.15, 0.2) is 21.3 Å². The van der Waals surface area contributed by atoms with E-state index in [9.17, 15) is 8.42 Å². The molecule has 21 heavy (non-hydrogen) atoms. The molecule has 116 valence electrons. The highest BCUT2D eigenvalue weighted by molar-refractivity contribution is 7.91. The molecule has 1 atom stereocenters. The second-order valence-electron chi connectivity index (χ2n) is 5.50. The van der Waals surface area contributed by atoms with Crippen LogP contribution in [-0.2, 0) is 9.84 Å². The third-order valence-electron chi connectivity index (χ3n) is 3.91. The Bertz CT molecular complexity index is 627. The molecule has 0 saturated carbocycles. The van der Waals surface area contributed by atoms with E-state index in [1.807, 2.05) is 6.07 Å². The van der Waals surface area contributed by atoms with Crippen molar-refractivity contribution >= 4 is 9.84 Å². The Morgan fingerprint density at radius 1 is 1.24 bits per heavy atom. The van der Waals surface area contributed by atoms with Crippen molar-refractivity contribution in [3.8, 4) is 11.5 Å². The van der Waals surface area contributed by atoms with E-state index < -0.39 is 9.84 Å². The second-order valence-corrected chi connectivity index (χ2v) is 7.58. The molecule has 0 amide bonds. The first kappa shape index (κ1) is 14.7. The van der Waals surface area contributed by atoms with E-state index >= 15 is 0 Å². The lowest BCUT2D eigenvalue weighted by Crippen LogP contribution is -2.30. The highest BCUT2D eigenvalue weighted by Gasteiger charge is 2.32. The minimum absolute atomic E-state index is 0.0700. The molecule has 0 aliphatic carbocycles. The third-order valence-corrected chi connectivity index (χ3v) is 5.70. The lowest BCUT2D eigenvalue weighted by atomic mass is 10.0. The summed E-state index contributed by atoms with van der Waals surface area (Å²) in [5.41, 5.74) is 0.818. The van der Waals surface area contributed by atoms with Gasteiger partial charge in [0.25, 0.3) is 0 Å². The molecule has 0 fully saturated rings. The van der Waals surface area contributed by atoms with E-state index in [2.05, 4.69) is 12.2 Å². The maximum Gasteiger partial charge on any atom is 0.178 e. The van der Waals surface area contributed by atoms with Gasteiger partial charge in [-0.3, -0.25) is 0 Å². The van der Waals surface area contributed by atoms with Crippen LogP contribution in [0, 0.1) is 0 Å². The van der Waals surface area contributed by atoms with Gasteiger partial charge in [0.1, 0.15) is 0 Å². The van der Waals surface area contributed by atoms with E-state index in [1.54, 1.807) is 6.07 Å². The SMILES string of the molecule is CCCNC1CCS(=O)(=O)c2cc3c(cc21)OCCCO3. The monoisotopic (exact) mass is 311 g/mol. The highest BCUT2D eigenvalue weighted by Crippen LogP contribution is 2.40. The van der Waals surface area contributed by atoms with Crippen LogP contribution in [0.25, 0.3) is 0 Å². The summed E-state index contributed by atoms with van der Waals surface area (Å²) in [7, 11) is -3.22. The molecule has 0 aromatic heterocycles. The molecular weight excluding hydrogens is 290 g/mol. The summed E-state index contributed by atoms with van der Waals surface area (Å²) in [5.74, 6) is 1.39. The van der Waals surface area contributed by atoms with Gasteiger partial charge in [-0.1, -0.05) is 6.92 Å². The molecule has 1 aromatic rings. The first-order valence-electron chi connectivity index (χ1n) is 7.51. The largest absolute Gasteiger partial charge is 0.490 e. The van der Waals surface area contributed by atoms with Gasteiger partial charge in [0, 0.05) is 18.5 Å². The average Bonchev–Trinajstić information content (AvgIpc) is 2.70. The van der Waals surface area contributed by atoms with Crippen LogP contribution >= 0.6 is 0 Å². The molecule has 1 unspecified atom stereocenters. The van der Waals surface area contributed by atoms with E-state index in [4.69, 9.17) is 9.47 Å². The zero-order chi connectivity index (χ0) is 14.9. The average molecular weight is 311 g/mol. The van der Waals surface area contributed by atoms with Crippen molar-refractivity contribution in [3.05, 3.63) is 17.7 Å².